The van der Waals surface area contributed by atoms with Crippen LogP contribution in [-0.2, 0) is 11.2 Å². The van der Waals surface area contributed by atoms with Crippen LogP contribution in [0.1, 0.15) is 25.3 Å². The minimum atomic E-state index is -0.120. The molecule has 1 fully saturated rings. The number of carbonyl (C=O) groups is 1. The summed E-state index contributed by atoms with van der Waals surface area (Å²) in [7, 11) is 3.21. The van der Waals surface area contributed by atoms with E-state index in [4.69, 9.17) is 9.47 Å². The molecule has 1 aliphatic rings. The molecule has 2 unspecified atom stereocenters. The van der Waals surface area contributed by atoms with Gasteiger partial charge in [-0.1, -0.05) is 13.0 Å². The molecule has 2 rings (SSSR count). The van der Waals surface area contributed by atoms with Crippen molar-refractivity contribution in [2.75, 3.05) is 27.4 Å². The summed E-state index contributed by atoms with van der Waals surface area (Å²) in [5.41, 5.74) is 1.04. The molecule has 0 saturated carbocycles. The lowest BCUT2D eigenvalue weighted by atomic mass is 9.99. The molecule has 0 bridgehead atoms. The van der Waals surface area contributed by atoms with Gasteiger partial charge in [-0.25, -0.2) is 0 Å². The molecule has 0 radical (unpaired) electrons. The zero-order valence-electron chi connectivity index (χ0n) is 13.5. The van der Waals surface area contributed by atoms with E-state index in [2.05, 4.69) is 0 Å². The fraction of sp³-hybridized carbons (Fsp3) is 0.588. The van der Waals surface area contributed by atoms with Crippen LogP contribution in [0.15, 0.2) is 18.2 Å². The largest absolute Gasteiger partial charge is 0.493 e. The smallest absolute Gasteiger partial charge is 0.226 e. The molecule has 122 valence electrons. The van der Waals surface area contributed by atoms with Crippen molar-refractivity contribution in [1.82, 2.24) is 4.90 Å². The van der Waals surface area contributed by atoms with Crippen molar-refractivity contribution in [3.05, 3.63) is 23.8 Å². The minimum Gasteiger partial charge on any atom is -0.493 e. The number of ether oxygens (including phenoxy) is 2. The van der Waals surface area contributed by atoms with Crippen LogP contribution in [0.2, 0.25) is 0 Å². The Balaban J connectivity index is 2.05. The van der Waals surface area contributed by atoms with Gasteiger partial charge in [0.05, 0.1) is 26.9 Å². The van der Waals surface area contributed by atoms with Gasteiger partial charge < -0.3 is 19.5 Å². The summed E-state index contributed by atoms with van der Waals surface area (Å²) in [5.74, 6) is 1.36. The molecule has 2 atom stereocenters. The van der Waals surface area contributed by atoms with E-state index in [1.807, 2.05) is 30.0 Å². The maximum atomic E-state index is 12.6. The summed E-state index contributed by atoms with van der Waals surface area (Å²) in [5, 5.41) is 9.36. The van der Waals surface area contributed by atoms with Crippen LogP contribution in [-0.4, -0.2) is 49.3 Å². The average Bonchev–Trinajstić information content (AvgIpc) is 3.02. The fourth-order valence-electron chi connectivity index (χ4n) is 3.05. The Morgan fingerprint density at radius 2 is 2.09 bits per heavy atom. The summed E-state index contributed by atoms with van der Waals surface area (Å²) in [4.78, 5) is 14.4. The van der Waals surface area contributed by atoms with E-state index < -0.39 is 0 Å². The number of hydrogen-bond acceptors (Lipinski definition) is 4. The highest BCUT2D eigenvalue weighted by Gasteiger charge is 2.30. The number of nitrogens with zero attached hydrogens (tertiary/aromatic N) is 1. The normalized spacial score (nSPS) is 19.1. The van der Waals surface area contributed by atoms with Gasteiger partial charge in [0.1, 0.15) is 0 Å². The Morgan fingerprint density at radius 3 is 2.73 bits per heavy atom. The Bertz CT molecular complexity index is 517. The number of amides is 1. The quantitative estimate of drug-likeness (QED) is 0.871. The highest BCUT2D eigenvalue weighted by atomic mass is 16.5. The Hall–Kier alpha value is -1.75. The first-order valence-corrected chi connectivity index (χ1v) is 7.73. The maximum absolute atomic E-state index is 12.6. The van der Waals surface area contributed by atoms with Gasteiger partial charge in [-0.15, -0.1) is 0 Å². The summed E-state index contributed by atoms with van der Waals surface area (Å²) in [6.07, 6.45) is 2.51. The molecule has 1 heterocycles. The second-order valence-corrected chi connectivity index (χ2v) is 5.80. The zero-order chi connectivity index (χ0) is 16.1. The van der Waals surface area contributed by atoms with Crippen molar-refractivity contribution < 1.29 is 19.4 Å². The molecule has 5 nitrogen and oxygen atoms in total. The molecule has 22 heavy (non-hydrogen) atoms. The maximum Gasteiger partial charge on any atom is 0.226 e. The van der Waals surface area contributed by atoms with Gasteiger partial charge >= 0.3 is 0 Å². The van der Waals surface area contributed by atoms with E-state index in [9.17, 15) is 9.90 Å². The molecule has 1 aromatic rings. The van der Waals surface area contributed by atoms with Crippen LogP contribution < -0.4 is 9.47 Å². The van der Waals surface area contributed by atoms with Crippen molar-refractivity contribution in [2.45, 2.75) is 32.2 Å². The number of aliphatic hydroxyl groups excluding tert-OH is 1. The van der Waals surface area contributed by atoms with Gasteiger partial charge in [0, 0.05) is 12.5 Å². The predicted octanol–water partition coefficient (Wildman–Crippen LogP) is 1.87. The Labute approximate surface area is 131 Å². The summed E-state index contributed by atoms with van der Waals surface area (Å²) >= 11 is 0. The van der Waals surface area contributed by atoms with Gasteiger partial charge in [-0.3, -0.25) is 4.79 Å². The number of hydrogen-bond donors (Lipinski definition) is 1. The third-order valence-corrected chi connectivity index (χ3v) is 4.28. The average molecular weight is 307 g/mol. The lowest BCUT2D eigenvalue weighted by molar-refractivity contribution is -0.136. The van der Waals surface area contributed by atoms with Crippen molar-refractivity contribution in [3.8, 4) is 11.5 Å². The Kier molecular flexibility index (Phi) is 5.66. The van der Waals surface area contributed by atoms with Crippen LogP contribution in [0.5, 0.6) is 11.5 Å². The van der Waals surface area contributed by atoms with Crippen LogP contribution in [0.25, 0.3) is 0 Å². The SMILES string of the molecule is COc1ccc(CC(C)C(=O)N2CCCC2CO)cc1OC. The summed E-state index contributed by atoms with van der Waals surface area (Å²) < 4.78 is 10.5. The monoisotopic (exact) mass is 307 g/mol. The first-order chi connectivity index (χ1) is 10.6. The van der Waals surface area contributed by atoms with Gasteiger partial charge in [0.15, 0.2) is 11.5 Å². The van der Waals surface area contributed by atoms with E-state index in [0.717, 1.165) is 24.9 Å². The second kappa shape index (κ2) is 7.49. The molecule has 1 amide bonds. The van der Waals surface area contributed by atoms with Crippen molar-refractivity contribution in [1.29, 1.82) is 0 Å². The van der Waals surface area contributed by atoms with E-state index in [-0.39, 0.29) is 24.5 Å². The minimum absolute atomic E-state index is 0.0136. The predicted molar refractivity (Wildman–Crippen MR) is 84.2 cm³/mol. The summed E-state index contributed by atoms with van der Waals surface area (Å²) in [6, 6.07) is 5.72. The van der Waals surface area contributed by atoms with E-state index in [1.165, 1.54) is 0 Å². The van der Waals surface area contributed by atoms with Crippen LogP contribution in [0.4, 0.5) is 0 Å². The first kappa shape index (κ1) is 16.6. The third kappa shape index (κ3) is 3.53. The van der Waals surface area contributed by atoms with E-state index in [0.29, 0.717) is 17.9 Å². The molecule has 0 aliphatic carbocycles. The molecular weight excluding hydrogens is 282 g/mol. The molecule has 5 heteroatoms. The Morgan fingerprint density at radius 1 is 1.36 bits per heavy atom. The molecule has 1 N–H and O–H groups in total. The van der Waals surface area contributed by atoms with Gasteiger partial charge in [0.2, 0.25) is 5.91 Å². The third-order valence-electron chi connectivity index (χ3n) is 4.28. The number of methoxy groups -OCH3 is 2. The fourth-order valence-corrected chi connectivity index (χ4v) is 3.05. The first-order valence-electron chi connectivity index (χ1n) is 7.73. The standard InChI is InChI=1S/C17H25NO4/c1-12(17(20)18-8-4-5-14(18)11-19)9-13-6-7-15(21-2)16(10-13)22-3/h6-7,10,12,14,19H,4-5,8-9,11H2,1-3H3. The van der Waals surface area contributed by atoms with Crippen molar-refractivity contribution in [3.63, 3.8) is 0 Å². The van der Waals surface area contributed by atoms with E-state index >= 15 is 0 Å². The van der Waals surface area contributed by atoms with Gasteiger partial charge in [0.25, 0.3) is 0 Å². The lowest BCUT2D eigenvalue weighted by Crippen LogP contribution is -2.41. The number of aliphatic hydroxyl groups is 1. The van der Waals surface area contributed by atoms with Crippen LogP contribution in [0, 0.1) is 5.92 Å². The second-order valence-electron chi connectivity index (χ2n) is 5.80. The van der Waals surface area contributed by atoms with Gasteiger partial charge in [-0.2, -0.15) is 0 Å². The topological polar surface area (TPSA) is 59.0 Å². The highest BCUT2D eigenvalue weighted by molar-refractivity contribution is 5.79. The molecule has 0 aromatic heterocycles. The molecule has 1 aliphatic heterocycles. The number of carbonyl (C=O) groups excluding carboxylic acids is 1. The summed E-state index contributed by atoms with van der Waals surface area (Å²) in [6.45, 7) is 2.74. The van der Waals surface area contributed by atoms with Gasteiger partial charge in [-0.05, 0) is 37.0 Å². The van der Waals surface area contributed by atoms with Crippen LogP contribution >= 0.6 is 0 Å². The molecule has 1 saturated heterocycles. The molecular formula is C17H25NO4. The number of likely N-dealkylation sites (tertiary alicyclic amines) is 1. The van der Waals surface area contributed by atoms with Crippen molar-refractivity contribution >= 4 is 5.91 Å². The lowest BCUT2D eigenvalue weighted by Gasteiger charge is -2.26. The molecule has 0 spiro atoms. The van der Waals surface area contributed by atoms with E-state index in [1.54, 1.807) is 14.2 Å². The molecule has 1 aromatic carbocycles. The highest BCUT2D eigenvalue weighted by Crippen LogP contribution is 2.29. The number of rotatable bonds is 6. The van der Waals surface area contributed by atoms with Crippen molar-refractivity contribution in [2.24, 2.45) is 5.92 Å². The zero-order valence-corrected chi connectivity index (χ0v) is 13.5. The van der Waals surface area contributed by atoms with Crippen LogP contribution in [0.3, 0.4) is 0 Å². The number of benzene rings is 1.